The van der Waals surface area contributed by atoms with Gasteiger partial charge in [-0.2, -0.15) is 0 Å². The zero-order valence-corrected chi connectivity index (χ0v) is 47.2. The van der Waals surface area contributed by atoms with Crippen molar-refractivity contribution in [2.45, 2.75) is 322 Å². The molecular formula is C65H116O6. The average Bonchev–Trinajstić information content (AvgIpc) is 3.37. The Morgan fingerprint density at radius 2 is 0.549 bits per heavy atom. The van der Waals surface area contributed by atoms with Crippen LogP contribution in [0, 0.1) is 0 Å². The van der Waals surface area contributed by atoms with Crippen molar-refractivity contribution in [1.29, 1.82) is 0 Å². The molecule has 0 aromatic carbocycles. The van der Waals surface area contributed by atoms with E-state index in [1.807, 2.05) is 0 Å². The van der Waals surface area contributed by atoms with Gasteiger partial charge >= 0.3 is 17.9 Å². The van der Waals surface area contributed by atoms with Gasteiger partial charge in [-0.1, -0.05) is 274 Å². The van der Waals surface area contributed by atoms with Crippen molar-refractivity contribution in [3.63, 3.8) is 0 Å². The maximum Gasteiger partial charge on any atom is 0.306 e. The molecule has 0 saturated carbocycles. The van der Waals surface area contributed by atoms with Gasteiger partial charge < -0.3 is 14.2 Å². The minimum atomic E-state index is -0.795. The van der Waals surface area contributed by atoms with E-state index in [1.54, 1.807) is 0 Å². The van der Waals surface area contributed by atoms with Crippen molar-refractivity contribution in [2.75, 3.05) is 13.2 Å². The molecule has 0 aromatic rings. The third kappa shape index (κ3) is 57.9. The molecule has 0 bridgehead atoms. The molecule has 412 valence electrons. The van der Waals surface area contributed by atoms with Crippen LogP contribution in [-0.4, -0.2) is 37.2 Å². The van der Waals surface area contributed by atoms with Gasteiger partial charge in [-0.05, 0) is 83.5 Å². The van der Waals surface area contributed by atoms with Crippen molar-refractivity contribution in [3.8, 4) is 0 Å². The van der Waals surface area contributed by atoms with Crippen LogP contribution in [0.15, 0.2) is 60.8 Å². The van der Waals surface area contributed by atoms with Crippen molar-refractivity contribution in [1.82, 2.24) is 0 Å². The standard InChI is InChI=1S/C65H116O6/c1-4-7-10-13-16-19-22-25-28-30-31-32-33-35-38-40-43-46-49-52-55-58-64(67)70-61-62(71-65(68)59-56-53-50-47-44-41-36-27-24-21-18-15-12-9-6-3)60-69-63(66)57-54-51-48-45-42-39-37-34-29-26-23-20-17-14-11-8-5-2/h9,12,18,21,25,27-28,36,44,47,62H,4-8,10-11,13-17,19-20,22-24,26,29-35,37-43,45-46,48-61H2,1-3H3/b12-9-,21-18-,28-25-,36-27-,47-44-/t62-/m0/s1. The molecule has 0 saturated heterocycles. The summed E-state index contributed by atoms with van der Waals surface area (Å²) in [7, 11) is 0. The highest BCUT2D eigenvalue weighted by atomic mass is 16.6. The molecule has 0 aliphatic heterocycles. The average molecular weight is 994 g/mol. The molecule has 0 amide bonds. The minimum absolute atomic E-state index is 0.0878. The summed E-state index contributed by atoms with van der Waals surface area (Å²) in [5.41, 5.74) is 0. The first kappa shape index (κ1) is 68.1. The van der Waals surface area contributed by atoms with E-state index in [2.05, 4.69) is 81.5 Å². The normalized spacial score (nSPS) is 12.4. The largest absolute Gasteiger partial charge is 0.462 e. The lowest BCUT2D eigenvalue weighted by Crippen LogP contribution is -2.30. The summed E-state index contributed by atoms with van der Waals surface area (Å²) < 4.78 is 16.9. The van der Waals surface area contributed by atoms with E-state index in [0.29, 0.717) is 19.3 Å². The van der Waals surface area contributed by atoms with Crippen LogP contribution in [0.25, 0.3) is 0 Å². The highest BCUT2D eigenvalue weighted by Crippen LogP contribution is 2.17. The molecule has 71 heavy (non-hydrogen) atoms. The molecule has 0 heterocycles. The Morgan fingerprint density at radius 1 is 0.296 bits per heavy atom. The molecular weight excluding hydrogens is 877 g/mol. The van der Waals surface area contributed by atoms with Gasteiger partial charge in [0.15, 0.2) is 6.10 Å². The quantitative estimate of drug-likeness (QED) is 0.0261. The molecule has 0 aliphatic rings. The van der Waals surface area contributed by atoms with Gasteiger partial charge in [0.2, 0.25) is 0 Å². The fraction of sp³-hybridized carbons (Fsp3) is 0.800. The minimum Gasteiger partial charge on any atom is -0.462 e. The lowest BCUT2D eigenvalue weighted by Gasteiger charge is -2.18. The van der Waals surface area contributed by atoms with Crippen LogP contribution in [0.2, 0.25) is 0 Å². The number of rotatable bonds is 56. The van der Waals surface area contributed by atoms with E-state index in [9.17, 15) is 14.4 Å². The molecule has 1 atom stereocenters. The van der Waals surface area contributed by atoms with Gasteiger partial charge in [-0.3, -0.25) is 14.4 Å². The Morgan fingerprint density at radius 3 is 0.901 bits per heavy atom. The van der Waals surface area contributed by atoms with Gasteiger partial charge in [-0.25, -0.2) is 0 Å². The van der Waals surface area contributed by atoms with Crippen LogP contribution in [0.5, 0.6) is 0 Å². The van der Waals surface area contributed by atoms with Gasteiger partial charge in [-0.15, -0.1) is 0 Å². The Labute approximate surface area is 440 Å². The maximum atomic E-state index is 12.9. The predicted molar refractivity (Wildman–Crippen MR) is 307 cm³/mol. The number of allylic oxidation sites excluding steroid dienone is 10. The van der Waals surface area contributed by atoms with E-state index in [4.69, 9.17) is 14.2 Å². The maximum absolute atomic E-state index is 12.9. The topological polar surface area (TPSA) is 78.9 Å². The van der Waals surface area contributed by atoms with Crippen LogP contribution in [0.3, 0.4) is 0 Å². The lowest BCUT2D eigenvalue weighted by atomic mass is 10.0. The van der Waals surface area contributed by atoms with Crippen LogP contribution in [0.4, 0.5) is 0 Å². The number of carbonyl (C=O) groups excluding carboxylic acids is 3. The van der Waals surface area contributed by atoms with E-state index in [0.717, 1.165) is 77.0 Å². The van der Waals surface area contributed by atoms with Gasteiger partial charge in [0.25, 0.3) is 0 Å². The second-order valence-corrected chi connectivity index (χ2v) is 20.6. The summed E-state index contributed by atoms with van der Waals surface area (Å²) in [5.74, 6) is -0.914. The summed E-state index contributed by atoms with van der Waals surface area (Å²) in [6, 6.07) is 0. The van der Waals surface area contributed by atoms with Crippen LogP contribution < -0.4 is 0 Å². The molecule has 0 rings (SSSR count). The molecule has 0 unspecified atom stereocenters. The molecule has 0 radical (unpaired) electrons. The molecule has 6 heteroatoms. The van der Waals surface area contributed by atoms with Crippen molar-refractivity contribution >= 4 is 17.9 Å². The van der Waals surface area contributed by atoms with E-state index < -0.39 is 6.10 Å². The van der Waals surface area contributed by atoms with Gasteiger partial charge in [0, 0.05) is 19.3 Å². The number of carbonyl (C=O) groups is 3. The molecule has 0 aliphatic carbocycles. The number of esters is 3. The second kappa shape index (κ2) is 59.7. The Hall–Kier alpha value is -2.89. The number of hydrogen-bond acceptors (Lipinski definition) is 6. The van der Waals surface area contributed by atoms with Gasteiger partial charge in [0.05, 0.1) is 0 Å². The monoisotopic (exact) mass is 993 g/mol. The third-order valence-corrected chi connectivity index (χ3v) is 13.5. The van der Waals surface area contributed by atoms with Crippen molar-refractivity contribution in [2.24, 2.45) is 0 Å². The van der Waals surface area contributed by atoms with Crippen molar-refractivity contribution in [3.05, 3.63) is 60.8 Å². The molecule has 0 N–H and O–H groups in total. The fourth-order valence-corrected chi connectivity index (χ4v) is 8.90. The lowest BCUT2D eigenvalue weighted by molar-refractivity contribution is -0.167. The smallest absolute Gasteiger partial charge is 0.306 e. The van der Waals surface area contributed by atoms with E-state index in [1.165, 1.54) is 193 Å². The fourth-order valence-electron chi connectivity index (χ4n) is 8.90. The number of unbranched alkanes of at least 4 members (excludes halogenated alkanes) is 35. The Bertz CT molecular complexity index is 1280. The summed E-state index contributed by atoms with van der Waals surface area (Å²) in [4.78, 5) is 38.2. The first-order chi connectivity index (χ1) is 35.0. The number of hydrogen-bond donors (Lipinski definition) is 0. The summed E-state index contributed by atoms with van der Waals surface area (Å²) in [6.07, 6.45) is 75.1. The van der Waals surface area contributed by atoms with Crippen LogP contribution in [-0.2, 0) is 28.6 Å². The molecule has 0 aromatic heterocycles. The zero-order chi connectivity index (χ0) is 51.4. The van der Waals surface area contributed by atoms with Gasteiger partial charge in [0.1, 0.15) is 13.2 Å². The Balaban J connectivity index is 4.36. The molecule has 6 nitrogen and oxygen atoms in total. The highest BCUT2D eigenvalue weighted by molar-refractivity contribution is 5.71. The summed E-state index contributed by atoms with van der Waals surface area (Å²) in [6.45, 7) is 6.53. The predicted octanol–water partition coefficient (Wildman–Crippen LogP) is 20.8. The summed E-state index contributed by atoms with van der Waals surface area (Å²) >= 11 is 0. The summed E-state index contributed by atoms with van der Waals surface area (Å²) in [5, 5.41) is 0. The first-order valence-electron chi connectivity index (χ1n) is 30.8. The van der Waals surface area contributed by atoms with Crippen LogP contribution >= 0.6 is 0 Å². The first-order valence-corrected chi connectivity index (χ1v) is 30.8. The molecule has 0 fully saturated rings. The highest BCUT2D eigenvalue weighted by Gasteiger charge is 2.19. The van der Waals surface area contributed by atoms with E-state index >= 15 is 0 Å². The van der Waals surface area contributed by atoms with E-state index in [-0.39, 0.29) is 37.5 Å². The van der Waals surface area contributed by atoms with Crippen LogP contribution in [0.1, 0.15) is 316 Å². The number of ether oxygens (including phenoxy) is 3. The second-order valence-electron chi connectivity index (χ2n) is 20.6. The molecule has 0 spiro atoms. The Kier molecular flexibility index (Phi) is 57.2. The van der Waals surface area contributed by atoms with Crippen molar-refractivity contribution < 1.29 is 28.6 Å². The third-order valence-electron chi connectivity index (χ3n) is 13.5. The zero-order valence-electron chi connectivity index (χ0n) is 47.2. The SMILES string of the molecule is CC/C=C\C/C=C\C/C=C\C/C=C\CCCCC(=O)O[C@H](COC(=O)CCCCCCCCCCCCC/C=C\CCCCCCCC)COC(=O)CCCCCCCCCCCCCCCCCCC.